The average Bonchev–Trinajstić information content (AvgIpc) is 3.34. The van der Waals surface area contributed by atoms with Crippen molar-refractivity contribution in [2.24, 2.45) is 0 Å². The Kier molecular flexibility index (Phi) is 9.60. The van der Waals surface area contributed by atoms with E-state index in [2.05, 4.69) is 10.6 Å². The van der Waals surface area contributed by atoms with Crippen molar-refractivity contribution in [3.8, 4) is 5.75 Å². The van der Waals surface area contributed by atoms with Gasteiger partial charge in [-0.3, -0.25) is 19.3 Å². The maximum absolute atomic E-state index is 14.1. The summed E-state index contributed by atoms with van der Waals surface area (Å²) in [7, 11) is -2.29. The van der Waals surface area contributed by atoms with E-state index < -0.39 is 51.7 Å². The molecule has 5 atom stereocenters. The van der Waals surface area contributed by atoms with Crippen molar-refractivity contribution in [1.29, 1.82) is 0 Å². The first-order valence-electron chi connectivity index (χ1n) is 14.6. The molecule has 43 heavy (non-hydrogen) atoms. The fourth-order valence-electron chi connectivity index (χ4n) is 5.73. The average molecular weight is 622 g/mol. The second-order valence-electron chi connectivity index (χ2n) is 12.5. The van der Waals surface area contributed by atoms with Gasteiger partial charge in [0.05, 0.1) is 18.9 Å². The zero-order chi connectivity index (χ0) is 31.7. The van der Waals surface area contributed by atoms with E-state index >= 15 is 0 Å². The molecule has 3 aliphatic heterocycles. The maximum Gasteiger partial charge on any atom is 0.410 e. The van der Waals surface area contributed by atoms with E-state index in [1.54, 1.807) is 20.8 Å². The molecule has 2 fully saturated rings. The number of sulfonamides is 1. The van der Waals surface area contributed by atoms with Crippen LogP contribution in [-0.4, -0.2) is 109 Å². The van der Waals surface area contributed by atoms with Crippen LogP contribution in [0.1, 0.15) is 65.0 Å². The first-order chi connectivity index (χ1) is 20.1. The molecule has 13 nitrogen and oxygen atoms in total. The molecule has 0 saturated carbocycles. The third kappa shape index (κ3) is 7.58. The monoisotopic (exact) mass is 621 g/mol. The van der Waals surface area contributed by atoms with E-state index in [0.717, 1.165) is 16.7 Å². The molecule has 4 amide bonds. The summed E-state index contributed by atoms with van der Waals surface area (Å²) < 4.78 is 37.4. The first-order valence-corrected chi connectivity index (χ1v) is 16.5. The Labute approximate surface area is 253 Å². The highest BCUT2D eigenvalue weighted by Crippen LogP contribution is 2.34. The molecular formula is C29H43N5O8S. The number of likely N-dealkylation sites (N-methyl/N-ethyl adjacent to an activating group) is 1. The molecule has 2 saturated heterocycles. The summed E-state index contributed by atoms with van der Waals surface area (Å²) in [6, 6.07) is 3.77. The lowest BCUT2D eigenvalue weighted by atomic mass is 10.00. The van der Waals surface area contributed by atoms with Crippen LogP contribution in [0.25, 0.3) is 0 Å². The number of nitrogens with one attached hydrogen (secondary N) is 2. The molecule has 3 heterocycles. The van der Waals surface area contributed by atoms with Crippen molar-refractivity contribution < 1.29 is 37.1 Å². The van der Waals surface area contributed by atoms with Crippen LogP contribution in [0, 0.1) is 0 Å². The van der Waals surface area contributed by atoms with E-state index in [0.29, 0.717) is 38.0 Å². The number of hydrogen-bond acceptors (Lipinski definition) is 8. The Morgan fingerprint density at radius 3 is 2.44 bits per heavy atom. The number of para-hydroxylation sites is 1. The molecule has 1 aromatic rings. The normalized spacial score (nSPS) is 25.3. The van der Waals surface area contributed by atoms with Crippen LogP contribution in [0.5, 0.6) is 5.75 Å². The van der Waals surface area contributed by atoms with E-state index in [-0.39, 0.29) is 31.1 Å². The van der Waals surface area contributed by atoms with Crippen LogP contribution >= 0.6 is 0 Å². The van der Waals surface area contributed by atoms with Gasteiger partial charge in [-0.15, -0.1) is 0 Å². The lowest BCUT2D eigenvalue weighted by Gasteiger charge is -2.39. The number of fused-ring (bicyclic) bond motifs is 2. The van der Waals surface area contributed by atoms with Gasteiger partial charge in [-0.05, 0) is 53.0 Å². The summed E-state index contributed by atoms with van der Waals surface area (Å²) in [4.78, 5) is 56.3. The Bertz CT molecular complexity index is 1350. The van der Waals surface area contributed by atoms with Crippen LogP contribution in [0.4, 0.5) is 4.79 Å². The summed E-state index contributed by atoms with van der Waals surface area (Å²) in [6.45, 7) is 6.89. The van der Waals surface area contributed by atoms with Crippen molar-refractivity contribution in [2.75, 3.05) is 33.0 Å². The molecular weight excluding hydrogens is 578 g/mol. The quantitative estimate of drug-likeness (QED) is 0.483. The van der Waals surface area contributed by atoms with Crippen LogP contribution in [-0.2, 0) is 29.1 Å². The van der Waals surface area contributed by atoms with Crippen molar-refractivity contribution in [3.05, 3.63) is 29.8 Å². The van der Waals surface area contributed by atoms with Gasteiger partial charge in [-0.2, -0.15) is 4.31 Å². The largest absolute Gasteiger partial charge is 0.493 e. The number of hydrogen-bond donors (Lipinski definition) is 2. The molecule has 0 radical (unpaired) electrons. The van der Waals surface area contributed by atoms with Crippen molar-refractivity contribution in [2.45, 2.75) is 89.2 Å². The van der Waals surface area contributed by atoms with Crippen molar-refractivity contribution in [1.82, 2.24) is 24.7 Å². The molecule has 1 aromatic carbocycles. The zero-order valence-electron chi connectivity index (χ0n) is 25.7. The third-order valence-corrected chi connectivity index (χ3v) is 9.43. The van der Waals surface area contributed by atoms with Crippen LogP contribution in [0.2, 0.25) is 0 Å². The summed E-state index contributed by atoms with van der Waals surface area (Å²) in [6.07, 6.45) is 2.21. The van der Waals surface area contributed by atoms with Gasteiger partial charge in [0.25, 0.3) is 0 Å². The minimum atomic E-state index is -3.70. The number of carbonyl (C=O) groups is 4. The molecule has 14 heteroatoms. The zero-order valence-corrected chi connectivity index (χ0v) is 26.5. The smallest absolute Gasteiger partial charge is 0.410 e. The Balaban J connectivity index is 1.54. The lowest BCUT2D eigenvalue weighted by molar-refractivity contribution is -0.145. The number of carbonyl (C=O) groups excluding carboxylic acids is 4. The minimum absolute atomic E-state index is 0.134. The van der Waals surface area contributed by atoms with Gasteiger partial charge in [0.1, 0.15) is 29.5 Å². The first kappa shape index (κ1) is 32.5. The molecule has 0 aromatic heterocycles. The lowest BCUT2D eigenvalue weighted by Crippen LogP contribution is -2.62. The minimum Gasteiger partial charge on any atom is -0.493 e. The highest BCUT2D eigenvalue weighted by Gasteiger charge is 2.46. The predicted molar refractivity (Wildman–Crippen MR) is 158 cm³/mol. The predicted octanol–water partition coefficient (Wildman–Crippen LogP) is 1.39. The molecule has 0 spiro atoms. The number of benzene rings is 1. The van der Waals surface area contributed by atoms with E-state index in [9.17, 15) is 27.6 Å². The summed E-state index contributed by atoms with van der Waals surface area (Å²) in [5.41, 5.74) is 0.0905. The molecule has 0 unspecified atom stereocenters. The van der Waals surface area contributed by atoms with Gasteiger partial charge in [-0.25, -0.2) is 13.2 Å². The summed E-state index contributed by atoms with van der Waals surface area (Å²) in [5, 5.41) is 5.76. The van der Waals surface area contributed by atoms with Gasteiger partial charge in [0, 0.05) is 38.2 Å². The molecule has 238 valence electrons. The van der Waals surface area contributed by atoms with Crippen molar-refractivity contribution in [3.63, 3.8) is 0 Å². The van der Waals surface area contributed by atoms with Gasteiger partial charge in [-0.1, -0.05) is 18.2 Å². The number of amides is 4. The van der Waals surface area contributed by atoms with Gasteiger partial charge >= 0.3 is 6.09 Å². The molecule has 3 aliphatic rings. The highest BCUT2D eigenvalue weighted by molar-refractivity contribution is 7.88. The second kappa shape index (κ2) is 12.7. The summed E-state index contributed by atoms with van der Waals surface area (Å²) >= 11 is 0. The van der Waals surface area contributed by atoms with Crippen LogP contribution < -0.4 is 15.4 Å². The van der Waals surface area contributed by atoms with Crippen LogP contribution in [0.15, 0.2) is 24.3 Å². The highest BCUT2D eigenvalue weighted by atomic mass is 32.2. The second-order valence-corrected chi connectivity index (χ2v) is 14.4. The van der Waals surface area contributed by atoms with E-state index in [1.165, 1.54) is 23.2 Å². The fraction of sp³-hybridized carbons (Fsp3) is 0.655. The van der Waals surface area contributed by atoms with Gasteiger partial charge in [0.15, 0.2) is 0 Å². The topological polar surface area (TPSA) is 155 Å². The maximum atomic E-state index is 14.1. The number of ether oxygens (including phenoxy) is 2. The summed E-state index contributed by atoms with van der Waals surface area (Å²) in [5.74, 6) is -0.791. The Morgan fingerprint density at radius 1 is 1.07 bits per heavy atom. The van der Waals surface area contributed by atoms with Gasteiger partial charge < -0.3 is 25.0 Å². The number of nitrogens with zero attached hydrogens (tertiary/aromatic N) is 3. The molecule has 0 aliphatic carbocycles. The Hall–Kier alpha value is -3.39. The van der Waals surface area contributed by atoms with Crippen LogP contribution in [0.3, 0.4) is 0 Å². The molecule has 0 bridgehead atoms. The standard InChI is InChI=1S/C29H43N5O8S/c1-18(32(5)28(38)42-29(2,3)4)25(35)31-22-17-33(43(6,39)40)15-13-19-11-12-23(34(19)27(22)37)26(36)30-21-14-16-41-24-10-8-7-9-20(21)24/h7-10,18-19,21-23H,11-17H2,1-6H3,(H,30,36)(H,31,35)/t18-,19+,21+,22-,23-/m0/s1. The molecule has 2 N–H and O–H groups in total. The van der Waals surface area contributed by atoms with Crippen molar-refractivity contribution >= 4 is 33.8 Å². The third-order valence-electron chi connectivity index (χ3n) is 8.16. The number of rotatable bonds is 6. The molecule has 4 rings (SSSR count). The SMILES string of the molecule is C[C@@H](C(=O)N[C@H]1CN(S(C)(=O)=O)CC[C@H]2CC[C@@H](C(=O)N[C@@H]3CCOc4ccccc43)N2C1=O)N(C)C(=O)OC(C)(C)C. The van der Waals surface area contributed by atoms with Gasteiger partial charge in [0.2, 0.25) is 27.7 Å². The van der Waals surface area contributed by atoms with E-state index in [1.807, 2.05) is 24.3 Å². The Morgan fingerprint density at radius 2 is 1.77 bits per heavy atom. The fourth-order valence-corrected chi connectivity index (χ4v) is 6.59. The van der Waals surface area contributed by atoms with E-state index in [4.69, 9.17) is 9.47 Å².